The van der Waals surface area contributed by atoms with Crippen LogP contribution in [-0.2, 0) is 14.8 Å². The Morgan fingerprint density at radius 2 is 1.60 bits per heavy atom. The number of halogens is 2. The number of carbonyl (C=O) groups is 1. The zero-order valence-corrected chi connectivity index (χ0v) is 17.1. The van der Waals surface area contributed by atoms with Gasteiger partial charge >= 0.3 is 0 Å². The van der Waals surface area contributed by atoms with E-state index in [9.17, 15) is 22.0 Å². The zero-order chi connectivity index (χ0) is 21.6. The molecule has 0 aromatic heterocycles. The van der Waals surface area contributed by atoms with Crippen molar-refractivity contribution >= 4 is 21.6 Å². The SMILES string of the molecule is O=C(COc1ccccc1F)NCCS(=O)(=O)N1CCN(c2ccccc2F)CC1. The predicted octanol–water partition coefficient (Wildman–Crippen LogP) is 1.61. The lowest BCUT2D eigenvalue weighted by molar-refractivity contribution is -0.123. The van der Waals surface area contributed by atoms with Crippen molar-refractivity contribution in [3.05, 3.63) is 60.2 Å². The van der Waals surface area contributed by atoms with Gasteiger partial charge in [0.05, 0.1) is 11.4 Å². The molecule has 0 radical (unpaired) electrons. The van der Waals surface area contributed by atoms with Crippen LogP contribution in [0.5, 0.6) is 5.75 Å². The molecular weight excluding hydrogens is 416 g/mol. The summed E-state index contributed by atoms with van der Waals surface area (Å²) in [5.74, 6) is -1.78. The summed E-state index contributed by atoms with van der Waals surface area (Å²) in [4.78, 5) is 13.6. The summed E-state index contributed by atoms with van der Waals surface area (Å²) in [6.07, 6.45) is 0. The van der Waals surface area contributed by atoms with Gasteiger partial charge in [0.2, 0.25) is 10.0 Å². The van der Waals surface area contributed by atoms with Crippen molar-refractivity contribution < 1.29 is 26.7 Å². The van der Waals surface area contributed by atoms with Crippen LogP contribution in [0.1, 0.15) is 0 Å². The number of amides is 1. The van der Waals surface area contributed by atoms with Gasteiger partial charge in [-0.2, -0.15) is 4.31 Å². The molecule has 10 heteroatoms. The lowest BCUT2D eigenvalue weighted by Crippen LogP contribution is -2.50. The third-order valence-electron chi connectivity index (χ3n) is 4.70. The maximum Gasteiger partial charge on any atom is 0.257 e. The first-order chi connectivity index (χ1) is 14.4. The third-order valence-corrected chi connectivity index (χ3v) is 6.57. The monoisotopic (exact) mass is 439 g/mol. The molecule has 0 spiro atoms. The first-order valence-electron chi connectivity index (χ1n) is 9.48. The van der Waals surface area contributed by atoms with E-state index in [1.54, 1.807) is 24.3 Å². The minimum atomic E-state index is -3.57. The average molecular weight is 439 g/mol. The van der Waals surface area contributed by atoms with Crippen molar-refractivity contribution in [1.29, 1.82) is 0 Å². The van der Waals surface area contributed by atoms with E-state index in [2.05, 4.69) is 5.32 Å². The van der Waals surface area contributed by atoms with Crippen molar-refractivity contribution in [2.75, 3.05) is 50.0 Å². The molecule has 1 aliphatic heterocycles. The van der Waals surface area contributed by atoms with E-state index < -0.39 is 28.4 Å². The van der Waals surface area contributed by atoms with Crippen LogP contribution in [0, 0.1) is 11.6 Å². The Kier molecular flexibility index (Phi) is 7.22. The summed E-state index contributed by atoms with van der Waals surface area (Å²) in [5.41, 5.74) is 0.455. The van der Waals surface area contributed by atoms with Gasteiger partial charge in [0.1, 0.15) is 5.82 Å². The fourth-order valence-electron chi connectivity index (χ4n) is 3.12. The molecule has 2 aromatic rings. The Morgan fingerprint density at radius 3 is 2.27 bits per heavy atom. The number of hydrogen-bond donors (Lipinski definition) is 1. The van der Waals surface area contributed by atoms with Crippen LogP contribution >= 0.6 is 0 Å². The van der Waals surface area contributed by atoms with Gasteiger partial charge in [-0.3, -0.25) is 4.79 Å². The maximum atomic E-state index is 13.9. The number of rotatable bonds is 8. The molecule has 0 bridgehead atoms. The van der Waals surface area contributed by atoms with Crippen LogP contribution in [-0.4, -0.2) is 63.7 Å². The molecule has 0 atom stereocenters. The second kappa shape index (κ2) is 9.86. The molecule has 1 aliphatic rings. The molecule has 1 saturated heterocycles. The van der Waals surface area contributed by atoms with Crippen LogP contribution in [0.15, 0.2) is 48.5 Å². The fourth-order valence-corrected chi connectivity index (χ4v) is 4.46. The number of benzene rings is 2. The van der Waals surface area contributed by atoms with Crippen LogP contribution in [0.25, 0.3) is 0 Å². The molecule has 1 fully saturated rings. The van der Waals surface area contributed by atoms with E-state index in [4.69, 9.17) is 4.74 Å². The fraction of sp³-hybridized carbons (Fsp3) is 0.350. The quantitative estimate of drug-likeness (QED) is 0.676. The molecule has 1 heterocycles. The summed E-state index contributed by atoms with van der Waals surface area (Å²) >= 11 is 0. The van der Waals surface area contributed by atoms with E-state index in [0.717, 1.165) is 0 Å². The van der Waals surface area contributed by atoms with E-state index in [0.29, 0.717) is 18.8 Å². The molecule has 0 aliphatic carbocycles. The highest BCUT2D eigenvalue weighted by molar-refractivity contribution is 7.89. The molecule has 2 aromatic carbocycles. The van der Waals surface area contributed by atoms with Gasteiger partial charge in [0.15, 0.2) is 18.2 Å². The number of nitrogens with zero attached hydrogens (tertiary/aromatic N) is 2. The minimum absolute atomic E-state index is 0.0482. The molecule has 162 valence electrons. The first kappa shape index (κ1) is 22.0. The van der Waals surface area contributed by atoms with Crippen molar-refractivity contribution in [2.24, 2.45) is 0 Å². The second-order valence-corrected chi connectivity index (χ2v) is 8.81. The molecular formula is C20H23F2N3O4S. The lowest BCUT2D eigenvalue weighted by atomic mass is 10.2. The predicted molar refractivity (Wildman–Crippen MR) is 109 cm³/mol. The Morgan fingerprint density at radius 1 is 0.967 bits per heavy atom. The normalized spacial score (nSPS) is 15.1. The Labute approximate surface area is 174 Å². The van der Waals surface area contributed by atoms with Gasteiger partial charge in [-0.1, -0.05) is 24.3 Å². The van der Waals surface area contributed by atoms with E-state index in [1.807, 2.05) is 4.90 Å². The van der Waals surface area contributed by atoms with Crippen molar-refractivity contribution in [2.45, 2.75) is 0 Å². The number of carbonyl (C=O) groups excluding carboxylic acids is 1. The van der Waals surface area contributed by atoms with Crippen LogP contribution in [0.2, 0.25) is 0 Å². The summed E-state index contributed by atoms with van der Waals surface area (Å²) in [6.45, 7) is 0.728. The molecule has 1 N–H and O–H groups in total. The largest absolute Gasteiger partial charge is 0.481 e. The lowest BCUT2D eigenvalue weighted by Gasteiger charge is -2.35. The number of anilines is 1. The molecule has 3 rings (SSSR count). The van der Waals surface area contributed by atoms with E-state index in [1.165, 1.54) is 28.6 Å². The Bertz CT molecular complexity index is 980. The van der Waals surface area contributed by atoms with Gasteiger partial charge in [0, 0.05) is 32.7 Å². The Balaban J connectivity index is 1.42. The molecule has 0 unspecified atom stereocenters. The summed E-state index contributed by atoms with van der Waals surface area (Å²) in [6, 6.07) is 12.1. The van der Waals surface area contributed by atoms with Gasteiger partial charge in [-0.25, -0.2) is 17.2 Å². The topological polar surface area (TPSA) is 78.9 Å². The smallest absolute Gasteiger partial charge is 0.257 e. The number of para-hydroxylation sites is 2. The van der Waals surface area contributed by atoms with Gasteiger partial charge in [-0.15, -0.1) is 0 Å². The first-order valence-corrected chi connectivity index (χ1v) is 11.1. The van der Waals surface area contributed by atoms with Gasteiger partial charge < -0.3 is 15.0 Å². The number of sulfonamides is 1. The van der Waals surface area contributed by atoms with Crippen LogP contribution in [0.3, 0.4) is 0 Å². The molecule has 0 saturated carbocycles. The van der Waals surface area contributed by atoms with E-state index in [-0.39, 0.29) is 37.0 Å². The van der Waals surface area contributed by atoms with Crippen LogP contribution < -0.4 is 15.0 Å². The van der Waals surface area contributed by atoms with Crippen molar-refractivity contribution in [3.63, 3.8) is 0 Å². The second-order valence-electron chi connectivity index (χ2n) is 6.72. The maximum absolute atomic E-state index is 13.9. The van der Waals surface area contributed by atoms with Crippen molar-refractivity contribution in [1.82, 2.24) is 9.62 Å². The minimum Gasteiger partial charge on any atom is -0.481 e. The zero-order valence-electron chi connectivity index (χ0n) is 16.3. The number of piperazine rings is 1. The number of ether oxygens (including phenoxy) is 1. The molecule has 30 heavy (non-hydrogen) atoms. The highest BCUT2D eigenvalue weighted by Crippen LogP contribution is 2.21. The molecule has 1 amide bonds. The average Bonchev–Trinajstić information content (AvgIpc) is 2.73. The number of hydrogen-bond acceptors (Lipinski definition) is 5. The van der Waals surface area contributed by atoms with Crippen molar-refractivity contribution in [3.8, 4) is 5.75 Å². The highest BCUT2D eigenvalue weighted by Gasteiger charge is 2.27. The summed E-state index contributed by atoms with van der Waals surface area (Å²) < 4.78 is 58.8. The summed E-state index contributed by atoms with van der Waals surface area (Å²) in [5, 5.41) is 2.46. The highest BCUT2D eigenvalue weighted by atomic mass is 32.2. The standard InChI is InChI=1S/C20H23F2N3O4S/c21-16-5-1-3-7-18(16)24-10-12-25(13-11-24)30(27,28)14-9-23-20(26)15-29-19-8-4-2-6-17(19)22/h1-8H,9-15H2,(H,23,26). The van der Waals surface area contributed by atoms with E-state index >= 15 is 0 Å². The number of nitrogens with one attached hydrogen (secondary N) is 1. The third kappa shape index (κ3) is 5.67. The van der Waals surface area contributed by atoms with Crippen LogP contribution in [0.4, 0.5) is 14.5 Å². The van der Waals surface area contributed by atoms with Gasteiger partial charge in [-0.05, 0) is 24.3 Å². The van der Waals surface area contributed by atoms with Gasteiger partial charge in [0.25, 0.3) is 5.91 Å². The Hall–Kier alpha value is -2.72. The molecule has 7 nitrogen and oxygen atoms in total. The summed E-state index contributed by atoms with van der Waals surface area (Å²) in [7, 11) is -3.57.